The van der Waals surface area contributed by atoms with E-state index < -0.39 is 0 Å². The van der Waals surface area contributed by atoms with Gasteiger partial charge >= 0.3 is 0 Å². The highest BCUT2D eigenvalue weighted by molar-refractivity contribution is 14.0. The first-order valence-corrected chi connectivity index (χ1v) is 9.48. The van der Waals surface area contributed by atoms with Crippen LogP contribution in [0.3, 0.4) is 0 Å². The summed E-state index contributed by atoms with van der Waals surface area (Å²) in [5, 5.41) is 6.87. The maximum Gasteiger partial charge on any atom is 0.191 e. The minimum Gasteiger partial charge on any atom is -0.468 e. The quantitative estimate of drug-likeness (QED) is 0.340. The molecular formula is C21H31IN4O. The Morgan fingerprint density at radius 1 is 1.19 bits per heavy atom. The number of nitrogens with zero attached hydrogens (tertiary/aromatic N) is 2. The molecule has 0 spiro atoms. The van der Waals surface area contributed by atoms with E-state index >= 15 is 0 Å². The molecular weight excluding hydrogens is 451 g/mol. The number of furan rings is 1. The topological polar surface area (TPSA) is 52.8 Å². The number of hydrogen-bond donors (Lipinski definition) is 2. The average Bonchev–Trinajstić information content (AvgIpc) is 3.07. The van der Waals surface area contributed by atoms with Gasteiger partial charge in [0.25, 0.3) is 0 Å². The molecule has 148 valence electrons. The molecule has 2 unspecified atom stereocenters. The lowest BCUT2D eigenvalue weighted by Crippen LogP contribution is -2.39. The summed E-state index contributed by atoms with van der Waals surface area (Å²) in [4.78, 5) is 7.06. The van der Waals surface area contributed by atoms with Gasteiger partial charge < -0.3 is 15.1 Å². The smallest absolute Gasteiger partial charge is 0.191 e. The number of benzene rings is 1. The summed E-state index contributed by atoms with van der Waals surface area (Å²) in [6.07, 6.45) is 2.96. The zero-order valence-electron chi connectivity index (χ0n) is 16.4. The average molecular weight is 482 g/mol. The Bertz CT molecular complexity index is 717. The second-order valence-corrected chi connectivity index (χ2v) is 7.18. The first kappa shape index (κ1) is 21.8. The minimum atomic E-state index is 0. The van der Waals surface area contributed by atoms with E-state index in [0.29, 0.717) is 12.6 Å². The maximum absolute atomic E-state index is 5.45. The Morgan fingerprint density at radius 2 is 1.93 bits per heavy atom. The van der Waals surface area contributed by atoms with Crippen LogP contribution in [0.2, 0.25) is 0 Å². The van der Waals surface area contributed by atoms with Crippen LogP contribution in [0.5, 0.6) is 0 Å². The molecule has 1 fully saturated rings. The van der Waals surface area contributed by atoms with Gasteiger partial charge in [-0.05, 0) is 49.6 Å². The lowest BCUT2D eigenvalue weighted by atomic mass is 10.1. The largest absolute Gasteiger partial charge is 0.468 e. The van der Waals surface area contributed by atoms with Gasteiger partial charge in [0.1, 0.15) is 5.76 Å². The standard InChI is InChI=1S/C21H30N4O.HI/c1-4-22-21(24-20-12-16(20)2)23-13-17-8-5-6-9-18(17)14-25(3)15-19-10-7-11-26-19;/h5-11,16,20H,4,12-15H2,1-3H3,(H2,22,23,24);1H. The van der Waals surface area contributed by atoms with Crippen molar-refractivity contribution in [2.24, 2.45) is 10.9 Å². The van der Waals surface area contributed by atoms with Crippen LogP contribution in [-0.4, -0.2) is 30.5 Å². The van der Waals surface area contributed by atoms with Gasteiger partial charge in [-0.1, -0.05) is 31.2 Å². The fraction of sp³-hybridized carbons (Fsp3) is 0.476. The third kappa shape index (κ3) is 6.84. The SMILES string of the molecule is CCNC(=NCc1ccccc1CN(C)Cc1ccco1)NC1CC1C.I. The molecule has 1 aromatic carbocycles. The molecule has 1 aliphatic carbocycles. The highest BCUT2D eigenvalue weighted by Crippen LogP contribution is 2.28. The number of rotatable bonds is 8. The molecule has 2 N–H and O–H groups in total. The van der Waals surface area contributed by atoms with Crippen LogP contribution in [0.15, 0.2) is 52.1 Å². The molecule has 0 amide bonds. The summed E-state index contributed by atoms with van der Waals surface area (Å²) in [5.41, 5.74) is 2.57. The molecule has 0 bridgehead atoms. The van der Waals surface area contributed by atoms with Gasteiger partial charge in [-0.3, -0.25) is 4.90 Å². The summed E-state index contributed by atoms with van der Waals surface area (Å²) in [6.45, 7) is 7.60. The van der Waals surface area contributed by atoms with Crippen molar-refractivity contribution in [3.8, 4) is 0 Å². The number of guanidine groups is 1. The molecule has 1 heterocycles. The van der Waals surface area contributed by atoms with Crippen LogP contribution in [0.1, 0.15) is 37.2 Å². The van der Waals surface area contributed by atoms with Gasteiger partial charge in [-0.25, -0.2) is 4.99 Å². The molecule has 0 saturated heterocycles. The lowest BCUT2D eigenvalue weighted by Gasteiger charge is -2.17. The summed E-state index contributed by atoms with van der Waals surface area (Å²) in [5.74, 6) is 2.65. The van der Waals surface area contributed by atoms with Crippen molar-refractivity contribution in [2.75, 3.05) is 13.6 Å². The monoisotopic (exact) mass is 482 g/mol. The van der Waals surface area contributed by atoms with Crippen molar-refractivity contribution in [2.45, 2.75) is 45.9 Å². The molecule has 2 atom stereocenters. The van der Waals surface area contributed by atoms with E-state index in [1.807, 2.05) is 12.1 Å². The Kier molecular flexibility index (Phi) is 8.63. The Morgan fingerprint density at radius 3 is 2.56 bits per heavy atom. The van der Waals surface area contributed by atoms with E-state index in [1.165, 1.54) is 17.5 Å². The number of aliphatic imine (C=N–C) groups is 1. The van der Waals surface area contributed by atoms with Gasteiger partial charge in [0.2, 0.25) is 0 Å². The van der Waals surface area contributed by atoms with Crippen molar-refractivity contribution >= 4 is 29.9 Å². The normalized spacial score (nSPS) is 18.9. The van der Waals surface area contributed by atoms with Crippen molar-refractivity contribution in [1.82, 2.24) is 15.5 Å². The van der Waals surface area contributed by atoms with Crippen LogP contribution < -0.4 is 10.6 Å². The molecule has 27 heavy (non-hydrogen) atoms. The number of nitrogens with one attached hydrogen (secondary N) is 2. The molecule has 2 aromatic rings. The fourth-order valence-corrected chi connectivity index (χ4v) is 3.06. The van der Waals surface area contributed by atoms with E-state index in [9.17, 15) is 0 Å². The highest BCUT2D eigenvalue weighted by atomic mass is 127. The molecule has 6 heteroatoms. The van der Waals surface area contributed by atoms with E-state index in [1.54, 1.807) is 6.26 Å². The molecule has 0 radical (unpaired) electrons. The van der Waals surface area contributed by atoms with Crippen molar-refractivity contribution in [3.63, 3.8) is 0 Å². The molecule has 3 rings (SSSR count). The lowest BCUT2D eigenvalue weighted by molar-refractivity contribution is 0.287. The van der Waals surface area contributed by atoms with Gasteiger partial charge in [0.15, 0.2) is 5.96 Å². The predicted molar refractivity (Wildman–Crippen MR) is 121 cm³/mol. The minimum absolute atomic E-state index is 0. The predicted octanol–water partition coefficient (Wildman–Crippen LogP) is 3.99. The zero-order chi connectivity index (χ0) is 18.4. The van der Waals surface area contributed by atoms with Crippen LogP contribution in [0.4, 0.5) is 0 Å². The summed E-state index contributed by atoms with van der Waals surface area (Å²) in [6, 6.07) is 13.1. The van der Waals surface area contributed by atoms with Gasteiger partial charge in [-0.2, -0.15) is 0 Å². The Balaban J connectivity index is 0.00000261. The number of halogens is 1. The second-order valence-electron chi connectivity index (χ2n) is 7.18. The third-order valence-electron chi connectivity index (χ3n) is 4.75. The first-order valence-electron chi connectivity index (χ1n) is 9.48. The maximum atomic E-state index is 5.45. The van der Waals surface area contributed by atoms with Crippen LogP contribution in [-0.2, 0) is 19.6 Å². The van der Waals surface area contributed by atoms with Crippen LogP contribution in [0, 0.1) is 5.92 Å². The van der Waals surface area contributed by atoms with E-state index in [2.05, 4.69) is 60.7 Å². The van der Waals surface area contributed by atoms with Crippen molar-refractivity contribution < 1.29 is 4.42 Å². The van der Waals surface area contributed by atoms with Gasteiger partial charge in [0.05, 0.1) is 19.4 Å². The van der Waals surface area contributed by atoms with Gasteiger partial charge in [-0.15, -0.1) is 24.0 Å². The summed E-state index contributed by atoms with van der Waals surface area (Å²) < 4.78 is 5.45. The first-order chi connectivity index (χ1) is 12.7. The van der Waals surface area contributed by atoms with Crippen molar-refractivity contribution in [1.29, 1.82) is 0 Å². The van der Waals surface area contributed by atoms with Crippen molar-refractivity contribution in [3.05, 3.63) is 59.5 Å². The zero-order valence-corrected chi connectivity index (χ0v) is 18.8. The van der Waals surface area contributed by atoms with Crippen LogP contribution in [0.25, 0.3) is 0 Å². The second kappa shape index (κ2) is 10.7. The summed E-state index contributed by atoms with van der Waals surface area (Å²) >= 11 is 0. The Labute approximate surface area is 179 Å². The number of hydrogen-bond acceptors (Lipinski definition) is 3. The van der Waals surface area contributed by atoms with E-state index in [0.717, 1.165) is 37.3 Å². The van der Waals surface area contributed by atoms with Gasteiger partial charge in [0, 0.05) is 19.1 Å². The van der Waals surface area contributed by atoms with E-state index in [4.69, 9.17) is 9.41 Å². The van der Waals surface area contributed by atoms with Crippen LogP contribution >= 0.6 is 24.0 Å². The molecule has 0 aliphatic heterocycles. The third-order valence-corrected chi connectivity index (χ3v) is 4.75. The molecule has 1 aromatic heterocycles. The fourth-order valence-electron chi connectivity index (χ4n) is 3.06. The van der Waals surface area contributed by atoms with E-state index in [-0.39, 0.29) is 24.0 Å². The highest BCUT2D eigenvalue weighted by Gasteiger charge is 2.33. The molecule has 1 saturated carbocycles. The Hall–Kier alpha value is -1.54. The molecule has 1 aliphatic rings. The summed E-state index contributed by atoms with van der Waals surface area (Å²) in [7, 11) is 2.11. The molecule has 5 nitrogen and oxygen atoms in total.